The summed E-state index contributed by atoms with van der Waals surface area (Å²) in [7, 11) is 0. The Morgan fingerprint density at radius 2 is 1.83 bits per heavy atom. The third-order valence-electron chi connectivity index (χ3n) is 3.40. The summed E-state index contributed by atoms with van der Waals surface area (Å²) in [6, 6.07) is 7.86. The maximum Gasteiger partial charge on any atom is 0.152 e. The van der Waals surface area contributed by atoms with Gasteiger partial charge in [-0.3, -0.25) is 9.69 Å². The molecule has 0 amide bonds. The molecule has 0 bridgehead atoms. The van der Waals surface area contributed by atoms with Crippen molar-refractivity contribution in [3.63, 3.8) is 0 Å². The monoisotopic (exact) mass is 246 g/mol. The van der Waals surface area contributed by atoms with Gasteiger partial charge in [-0.25, -0.2) is 0 Å². The molecule has 0 spiro atoms. The average molecular weight is 246 g/mol. The largest absolute Gasteiger partial charge is 0.368 e. The first-order valence-electron chi connectivity index (χ1n) is 6.72. The van der Waals surface area contributed by atoms with Crippen molar-refractivity contribution in [2.75, 3.05) is 37.6 Å². The molecule has 0 radical (unpaired) electrons. The van der Waals surface area contributed by atoms with Crippen molar-refractivity contribution < 1.29 is 4.79 Å². The lowest BCUT2D eigenvalue weighted by Gasteiger charge is -2.37. The Hall–Kier alpha value is -1.35. The molecule has 1 aromatic carbocycles. The number of aldehydes is 1. The van der Waals surface area contributed by atoms with E-state index in [-0.39, 0.29) is 0 Å². The highest BCUT2D eigenvalue weighted by molar-refractivity contribution is 5.84. The smallest absolute Gasteiger partial charge is 0.152 e. The van der Waals surface area contributed by atoms with E-state index in [1.807, 2.05) is 24.3 Å². The van der Waals surface area contributed by atoms with Crippen LogP contribution in [0.2, 0.25) is 0 Å². The summed E-state index contributed by atoms with van der Waals surface area (Å²) in [4.78, 5) is 15.9. The van der Waals surface area contributed by atoms with Gasteiger partial charge in [0.05, 0.1) is 0 Å². The number of carbonyl (C=O) groups is 1. The SMILES string of the molecule is CC(C)CN1CCN(c2ccccc2C=O)CC1. The summed E-state index contributed by atoms with van der Waals surface area (Å²) in [5, 5.41) is 0. The van der Waals surface area contributed by atoms with Crippen molar-refractivity contribution in [1.82, 2.24) is 4.90 Å². The highest BCUT2D eigenvalue weighted by Crippen LogP contribution is 2.20. The first kappa shape index (κ1) is 13.1. The molecular weight excluding hydrogens is 224 g/mol. The molecule has 98 valence electrons. The highest BCUT2D eigenvalue weighted by atomic mass is 16.1. The minimum Gasteiger partial charge on any atom is -0.368 e. The summed E-state index contributed by atoms with van der Waals surface area (Å²) in [6.45, 7) is 9.89. The van der Waals surface area contributed by atoms with Gasteiger partial charge in [0.15, 0.2) is 6.29 Å². The van der Waals surface area contributed by atoms with E-state index in [1.165, 1.54) is 6.54 Å². The fraction of sp³-hybridized carbons (Fsp3) is 0.533. The number of carbonyl (C=O) groups excluding carboxylic acids is 1. The number of nitrogens with zero attached hydrogens (tertiary/aromatic N) is 2. The normalized spacial score (nSPS) is 17.2. The molecule has 0 aromatic heterocycles. The zero-order chi connectivity index (χ0) is 13.0. The Morgan fingerprint density at radius 1 is 1.17 bits per heavy atom. The molecule has 2 rings (SSSR count). The van der Waals surface area contributed by atoms with Gasteiger partial charge in [0.1, 0.15) is 0 Å². The van der Waals surface area contributed by atoms with Crippen LogP contribution in [0.25, 0.3) is 0 Å². The molecule has 18 heavy (non-hydrogen) atoms. The second-order valence-electron chi connectivity index (χ2n) is 5.36. The molecule has 3 heteroatoms. The van der Waals surface area contributed by atoms with E-state index in [1.54, 1.807) is 0 Å². The third kappa shape index (κ3) is 3.10. The van der Waals surface area contributed by atoms with E-state index in [4.69, 9.17) is 0 Å². The Morgan fingerprint density at radius 3 is 2.44 bits per heavy atom. The number of hydrogen-bond donors (Lipinski definition) is 0. The quantitative estimate of drug-likeness (QED) is 0.761. The van der Waals surface area contributed by atoms with Gasteiger partial charge in [-0.1, -0.05) is 26.0 Å². The average Bonchev–Trinajstić information content (AvgIpc) is 2.39. The van der Waals surface area contributed by atoms with Crippen LogP contribution in [0.3, 0.4) is 0 Å². The van der Waals surface area contributed by atoms with Gasteiger partial charge in [-0.15, -0.1) is 0 Å². The predicted octanol–water partition coefficient (Wildman–Crippen LogP) is 2.28. The number of benzene rings is 1. The fourth-order valence-electron chi connectivity index (χ4n) is 2.56. The van der Waals surface area contributed by atoms with E-state index in [9.17, 15) is 4.79 Å². The molecule has 1 aromatic rings. The van der Waals surface area contributed by atoms with E-state index >= 15 is 0 Å². The van der Waals surface area contributed by atoms with Crippen LogP contribution in [0.15, 0.2) is 24.3 Å². The predicted molar refractivity (Wildman–Crippen MR) is 75.3 cm³/mol. The Bertz CT molecular complexity index is 395. The molecule has 1 saturated heterocycles. The minimum atomic E-state index is 0.721. The van der Waals surface area contributed by atoms with E-state index in [0.29, 0.717) is 0 Å². The lowest BCUT2D eigenvalue weighted by molar-refractivity contribution is 0.112. The van der Waals surface area contributed by atoms with E-state index in [2.05, 4.69) is 23.6 Å². The van der Waals surface area contributed by atoms with Crippen LogP contribution in [0.5, 0.6) is 0 Å². The van der Waals surface area contributed by atoms with Crippen LogP contribution in [-0.4, -0.2) is 43.9 Å². The maximum absolute atomic E-state index is 11.0. The van der Waals surface area contributed by atoms with Crippen LogP contribution in [0.1, 0.15) is 24.2 Å². The van der Waals surface area contributed by atoms with Gasteiger partial charge in [-0.2, -0.15) is 0 Å². The van der Waals surface area contributed by atoms with Crippen LogP contribution in [-0.2, 0) is 0 Å². The fourth-order valence-corrected chi connectivity index (χ4v) is 2.56. The van der Waals surface area contributed by atoms with Gasteiger partial charge in [-0.05, 0) is 18.1 Å². The molecular formula is C15H22N2O. The van der Waals surface area contributed by atoms with Crippen LogP contribution < -0.4 is 4.90 Å². The summed E-state index contributed by atoms with van der Waals surface area (Å²) < 4.78 is 0. The Balaban J connectivity index is 1.99. The van der Waals surface area contributed by atoms with Gasteiger partial charge >= 0.3 is 0 Å². The highest BCUT2D eigenvalue weighted by Gasteiger charge is 2.19. The second-order valence-corrected chi connectivity index (χ2v) is 5.36. The molecule has 0 atom stereocenters. The summed E-state index contributed by atoms with van der Waals surface area (Å²) >= 11 is 0. The zero-order valence-electron chi connectivity index (χ0n) is 11.3. The molecule has 0 saturated carbocycles. The first-order valence-corrected chi connectivity index (χ1v) is 6.72. The molecule has 0 unspecified atom stereocenters. The lowest BCUT2D eigenvalue weighted by atomic mass is 10.1. The van der Waals surface area contributed by atoms with Crippen molar-refractivity contribution in [2.24, 2.45) is 5.92 Å². The summed E-state index contributed by atoms with van der Waals surface area (Å²) in [5.41, 5.74) is 1.88. The number of rotatable bonds is 4. The number of piperazine rings is 1. The van der Waals surface area contributed by atoms with E-state index in [0.717, 1.165) is 49.6 Å². The molecule has 1 fully saturated rings. The van der Waals surface area contributed by atoms with Crippen LogP contribution >= 0.6 is 0 Å². The van der Waals surface area contributed by atoms with Crippen LogP contribution in [0.4, 0.5) is 5.69 Å². The zero-order valence-corrected chi connectivity index (χ0v) is 11.3. The van der Waals surface area contributed by atoms with Crippen molar-refractivity contribution in [3.05, 3.63) is 29.8 Å². The van der Waals surface area contributed by atoms with Crippen molar-refractivity contribution in [3.8, 4) is 0 Å². The topological polar surface area (TPSA) is 23.6 Å². The van der Waals surface area contributed by atoms with E-state index < -0.39 is 0 Å². The van der Waals surface area contributed by atoms with Crippen molar-refractivity contribution >= 4 is 12.0 Å². The van der Waals surface area contributed by atoms with Gasteiger partial charge in [0, 0.05) is 44.0 Å². The molecule has 0 aliphatic carbocycles. The van der Waals surface area contributed by atoms with Crippen LogP contribution in [0, 0.1) is 5.92 Å². The molecule has 3 nitrogen and oxygen atoms in total. The molecule has 1 heterocycles. The van der Waals surface area contributed by atoms with Gasteiger partial charge < -0.3 is 4.90 Å². The number of para-hydroxylation sites is 1. The Kier molecular flexibility index (Phi) is 4.37. The first-order chi connectivity index (χ1) is 8.70. The minimum absolute atomic E-state index is 0.721. The molecule has 1 aliphatic rings. The number of hydrogen-bond acceptors (Lipinski definition) is 3. The summed E-state index contributed by atoms with van der Waals surface area (Å²) in [5.74, 6) is 0.721. The van der Waals surface area contributed by atoms with Crippen molar-refractivity contribution in [2.45, 2.75) is 13.8 Å². The Labute approximate surface area is 109 Å². The van der Waals surface area contributed by atoms with Gasteiger partial charge in [0.25, 0.3) is 0 Å². The third-order valence-corrected chi connectivity index (χ3v) is 3.40. The number of anilines is 1. The summed E-state index contributed by atoms with van der Waals surface area (Å²) in [6.07, 6.45) is 0.954. The van der Waals surface area contributed by atoms with Crippen molar-refractivity contribution in [1.29, 1.82) is 0 Å². The maximum atomic E-state index is 11.0. The molecule has 1 aliphatic heterocycles. The van der Waals surface area contributed by atoms with Gasteiger partial charge in [0.2, 0.25) is 0 Å². The molecule has 0 N–H and O–H groups in total. The standard InChI is InChI=1S/C15H22N2O/c1-13(2)11-16-7-9-17(10-8-16)15-6-4-3-5-14(15)12-18/h3-6,12-13H,7-11H2,1-2H3. The lowest BCUT2D eigenvalue weighted by Crippen LogP contribution is -2.47. The second kappa shape index (κ2) is 6.01.